The molecule has 1 N–H and O–H groups in total. The van der Waals surface area contributed by atoms with Gasteiger partial charge in [0.2, 0.25) is 5.95 Å². The molecule has 0 saturated carbocycles. The third-order valence-corrected chi connectivity index (χ3v) is 6.83. The highest BCUT2D eigenvalue weighted by Crippen LogP contribution is 2.47. The number of benzene rings is 2. The number of aromatic amines is 1. The fraction of sp³-hybridized carbons (Fsp3) is 0.250. The van der Waals surface area contributed by atoms with E-state index in [-0.39, 0.29) is 19.6 Å². The topological polar surface area (TPSA) is 71.1 Å². The highest BCUT2D eigenvalue weighted by molar-refractivity contribution is 5.69. The van der Waals surface area contributed by atoms with Crippen LogP contribution in [0.3, 0.4) is 0 Å². The van der Waals surface area contributed by atoms with Gasteiger partial charge in [0, 0.05) is 31.1 Å². The Morgan fingerprint density at radius 1 is 0.974 bits per heavy atom. The van der Waals surface area contributed by atoms with Crippen molar-refractivity contribution in [3.63, 3.8) is 0 Å². The van der Waals surface area contributed by atoms with Crippen LogP contribution in [0.1, 0.15) is 52.4 Å². The number of likely N-dealkylation sites (tertiary alicyclic amines) is 1. The Kier molecular flexibility index (Phi) is 7.13. The minimum Gasteiger partial charge on any atom is -0.445 e. The Morgan fingerprint density at radius 2 is 1.76 bits per heavy atom. The van der Waals surface area contributed by atoms with Crippen molar-refractivity contribution in [3.8, 4) is 0 Å². The van der Waals surface area contributed by atoms with Crippen molar-refractivity contribution < 1.29 is 27.1 Å². The molecule has 2 aromatic carbocycles. The molecule has 10 heteroatoms. The largest absolute Gasteiger partial charge is 0.445 e. The number of aromatic nitrogens is 3. The molecule has 2 aromatic heterocycles. The predicted octanol–water partition coefficient (Wildman–Crippen LogP) is 6.61. The second-order valence-corrected chi connectivity index (χ2v) is 9.17. The summed E-state index contributed by atoms with van der Waals surface area (Å²) in [5.41, 5.74) is 1.01. The van der Waals surface area contributed by atoms with Crippen LogP contribution in [0.5, 0.6) is 0 Å². The van der Waals surface area contributed by atoms with Crippen LogP contribution in [0.4, 0.5) is 22.4 Å². The number of piperidine rings is 1. The summed E-state index contributed by atoms with van der Waals surface area (Å²) in [4.78, 5) is 25.9. The molecule has 1 amide bonds. The van der Waals surface area contributed by atoms with Gasteiger partial charge in [-0.05, 0) is 47.2 Å². The summed E-state index contributed by atoms with van der Waals surface area (Å²) >= 11 is 0. The van der Waals surface area contributed by atoms with E-state index in [1.165, 1.54) is 23.2 Å². The van der Waals surface area contributed by atoms with Gasteiger partial charge in [-0.2, -0.15) is 17.6 Å². The molecule has 1 fully saturated rings. The lowest BCUT2D eigenvalue weighted by Gasteiger charge is -2.43. The van der Waals surface area contributed by atoms with Crippen molar-refractivity contribution in [2.75, 3.05) is 6.54 Å². The molecule has 3 atom stereocenters. The number of carbonyl (C=O) groups is 1. The average Bonchev–Trinajstić information content (AvgIpc) is 3.46. The zero-order valence-corrected chi connectivity index (χ0v) is 20.1. The maximum atomic E-state index is 14.2. The van der Waals surface area contributed by atoms with E-state index in [0.717, 1.165) is 17.7 Å². The Balaban J connectivity index is 1.52. The number of H-pyrrole nitrogens is 1. The molecule has 196 valence electrons. The molecule has 3 heterocycles. The molecule has 5 rings (SSSR count). The van der Waals surface area contributed by atoms with Crippen molar-refractivity contribution in [1.29, 1.82) is 0 Å². The number of hydrogen-bond donors (Lipinski definition) is 1. The van der Waals surface area contributed by atoms with E-state index in [2.05, 4.69) is 15.0 Å². The molecule has 0 radical (unpaired) electrons. The normalized spacial score (nSPS) is 19.8. The first-order valence-corrected chi connectivity index (χ1v) is 12.0. The van der Waals surface area contributed by atoms with Gasteiger partial charge in [0.05, 0.1) is 11.6 Å². The van der Waals surface area contributed by atoms with Gasteiger partial charge in [0.15, 0.2) is 0 Å². The van der Waals surface area contributed by atoms with E-state index in [0.29, 0.717) is 17.0 Å². The second kappa shape index (κ2) is 10.6. The standard InChI is InChI=1S/C28H24F4N4O2/c29-25-14-20(9-10-33-25)23-16-36(27(37)38-17-18-5-2-1-3-6-18)24(26-34-11-12-35-26)15-22(23)19-7-4-8-21(13-19)28(30,31)32/h1-14,22-24H,15-17H2,(H,34,35). The SMILES string of the molecule is O=C(OCc1ccccc1)N1CC(c2ccnc(F)c2)C(c2cccc(C(F)(F)F)c2)CC1c1ncc[nH]1. The number of carbonyl (C=O) groups excluding carboxylic acids is 1. The molecule has 38 heavy (non-hydrogen) atoms. The van der Waals surface area contributed by atoms with Crippen LogP contribution in [0.15, 0.2) is 85.3 Å². The van der Waals surface area contributed by atoms with Gasteiger partial charge in [-0.15, -0.1) is 0 Å². The van der Waals surface area contributed by atoms with E-state index in [1.807, 2.05) is 30.3 Å². The zero-order chi connectivity index (χ0) is 26.7. The molecule has 1 aliphatic heterocycles. The number of nitrogens with zero attached hydrogens (tertiary/aromatic N) is 3. The van der Waals surface area contributed by atoms with E-state index < -0.39 is 41.7 Å². The first-order valence-electron chi connectivity index (χ1n) is 12.0. The molecule has 3 unspecified atom stereocenters. The lowest BCUT2D eigenvalue weighted by molar-refractivity contribution is -0.137. The van der Waals surface area contributed by atoms with Crippen LogP contribution in [0.2, 0.25) is 0 Å². The fourth-order valence-electron chi connectivity index (χ4n) is 5.02. The smallest absolute Gasteiger partial charge is 0.416 e. The van der Waals surface area contributed by atoms with Gasteiger partial charge in [0.1, 0.15) is 12.4 Å². The zero-order valence-electron chi connectivity index (χ0n) is 20.1. The number of nitrogens with one attached hydrogen (secondary N) is 1. The van der Waals surface area contributed by atoms with E-state index in [1.54, 1.807) is 24.5 Å². The van der Waals surface area contributed by atoms with Crippen LogP contribution in [-0.4, -0.2) is 32.5 Å². The van der Waals surface area contributed by atoms with Gasteiger partial charge in [-0.25, -0.2) is 14.8 Å². The molecule has 6 nitrogen and oxygen atoms in total. The molecule has 1 saturated heterocycles. The van der Waals surface area contributed by atoms with E-state index in [9.17, 15) is 22.4 Å². The van der Waals surface area contributed by atoms with Crippen molar-refractivity contribution in [2.24, 2.45) is 0 Å². The molecule has 1 aliphatic rings. The monoisotopic (exact) mass is 524 g/mol. The Bertz CT molecular complexity index is 1380. The number of alkyl halides is 3. The first kappa shape index (κ1) is 25.4. The van der Waals surface area contributed by atoms with Gasteiger partial charge < -0.3 is 9.72 Å². The Morgan fingerprint density at radius 3 is 2.47 bits per heavy atom. The van der Waals surface area contributed by atoms with Gasteiger partial charge in [-0.1, -0.05) is 48.5 Å². The summed E-state index contributed by atoms with van der Waals surface area (Å²) in [5, 5.41) is 0. The summed E-state index contributed by atoms with van der Waals surface area (Å²) in [7, 11) is 0. The van der Waals surface area contributed by atoms with Crippen LogP contribution < -0.4 is 0 Å². The van der Waals surface area contributed by atoms with Crippen molar-refractivity contribution in [2.45, 2.75) is 37.1 Å². The predicted molar refractivity (Wildman–Crippen MR) is 130 cm³/mol. The summed E-state index contributed by atoms with van der Waals surface area (Å²) in [5.74, 6) is -1.23. The minimum absolute atomic E-state index is 0.0483. The third kappa shape index (κ3) is 5.53. The molecule has 0 bridgehead atoms. The minimum atomic E-state index is -4.52. The average molecular weight is 525 g/mol. The maximum absolute atomic E-state index is 14.2. The number of ether oxygens (including phenoxy) is 1. The highest BCUT2D eigenvalue weighted by atomic mass is 19.4. The molecule has 0 aliphatic carbocycles. The second-order valence-electron chi connectivity index (χ2n) is 9.17. The van der Waals surface area contributed by atoms with Crippen LogP contribution in [0.25, 0.3) is 0 Å². The van der Waals surface area contributed by atoms with Crippen molar-refractivity contribution in [1.82, 2.24) is 19.9 Å². The van der Waals surface area contributed by atoms with E-state index >= 15 is 0 Å². The number of hydrogen-bond acceptors (Lipinski definition) is 4. The Labute approximate surface area is 216 Å². The molecule has 4 aromatic rings. The van der Waals surface area contributed by atoms with Crippen LogP contribution >= 0.6 is 0 Å². The number of pyridine rings is 1. The number of imidazole rings is 1. The van der Waals surface area contributed by atoms with Gasteiger partial charge in [0.25, 0.3) is 0 Å². The third-order valence-electron chi connectivity index (χ3n) is 6.83. The number of amides is 1. The fourth-order valence-corrected chi connectivity index (χ4v) is 5.02. The number of rotatable bonds is 5. The summed E-state index contributed by atoms with van der Waals surface area (Å²) in [6, 6.07) is 16.6. The van der Waals surface area contributed by atoms with Crippen LogP contribution in [0, 0.1) is 5.95 Å². The summed E-state index contributed by atoms with van der Waals surface area (Å²) < 4.78 is 60.5. The Hall–Kier alpha value is -4.21. The quantitative estimate of drug-likeness (QED) is 0.236. The lowest BCUT2D eigenvalue weighted by atomic mass is 9.74. The molecular weight excluding hydrogens is 500 g/mol. The first-order chi connectivity index (χ1) is 18.3. The summed E-state index contributed by atoms with van der Waals surface area (Å²) in [6.07, 6.45) is -0.401. The van der Waals surface area contributed by atoms with Crippen molar-refractivity contribution in [3.05, 3.63) is 119 Å². The molecule has 0 spiro atoms. The van der Waals surface area contributed by atoms with Gasteiger partial charge in [-0.3, -0.25) is 4.90 Å². The summed E-state index contributed by atoms with van der Waals surface area (Å²) in [6.45, 7) is 0.121. The molecular formula is C28H24F4N4O2. The van der Waals surface area contributed by atoms with Crippen molar-refractivity contribution >= 4 is 6.09 Å². The van der Waals surface area contributed by atoms with Crippen LogP contribution in [-0.2, 0) is 17.5 Å². The lowest BCUT2D eigenvalue weighted by Crippen LogP contribution is -2.45. The highest BCUT2D eigenvalue weighted by Gasteiger charge is 2.42. The maximum Gasteiger partial charge on any atom is 0.416 e. The van der Waals surface area contributed by atoms with Gasteiger partial charge >= 0.3 is 12.3 Å². The van der Waals surface area contributed by atoms with E-state index in [4.69, 9.17) is 4.74 Å². The number of halogens is 4.